The number of amides is 2. The molecule has 35 heavy (non-hydrogen) atoms. The van der Waals surface area contributed by atoms with Crippen molar-refractivity contribution in [3.63, 3.8) is 0 Å². The lowest BCUT2D eigenvalue weighted by atomic mass is 10.1. The van der Waals surface area contributed by atoms with Gasteiger partial charge in [0.2, 0.25) is 0 Å². The number of nitrogens with two attached hydrogens (primary N) is 1. The molecule has 0 saturated carbocycles. The second-order valence-electron chi connectivity index (χ2n) is 8.61. The number of aryl methyl sites for hydroxylation is 1. The zero-order valence-corrected chi connectivity index (χ0v) is 19.9. The highest BCUT2D eigenvalue weighted by molar-refractivity contribution is 5.73. The minimum atomic E-state index is -0.181. The predicted octanol–water partition coefficient (Wildman–Crippen LogP) is 3.09. The van der Waals surface area contributed by atoms with Crippen molar-refractivity contribution >= 4 is 17.5 Å². The number of carbonyl (C=O) groups excluding carboxylic acids is 1. The zero-order chi connectivity index (χ0) is 24.6. The van der Waals surface area contributed by atoms with Crippen molar-refractivity contribution in [1.29, 1.82) is 5.26 Å². The number of nitrogens with zero attached hydrogens (tertiary/aromatic N) is 4. The van der Waals surface area contributed by atoms with E-state index in [0.29, 0.717) is 48.9 Å². The first kappa shape index (κ1) is 24.0. The van der Waals surface area contributed by atoms with Gasteiger partial charge < -0.3 is 26.0 Å². The number of para-hydroxylation sites is 1. The van der Waals surface area contributed by atoms with E-state index in [4.69, 9.17) is 10.5 Å². The van der Waals surface area contributed by atoms with E-state index in [0.717, 1.165) is 36.6 Å². The summed E-state index contributed by atoms with van der Waals surface area (Å²) in [7, 11) is 1.67. The first-order valence-electron chi connectivity index (χ1n) is 11.8. The molecule has 0 aliphatic carbocycles. The Morgan fingerprint density at radius 3 is 2.77 bits per heavy atom. The Morgan fingerprint density at radius 2 is 2.00 bits per heavy atom. The highest BCUT2D eigenvalue weighted by Crippen LogP contribution is 2.26. The van der Waals surface area contributed by atoms with Crippen molar-refractivity contribution in [3.8, 4) is 17.5 Å². The number of nitriles is 1. The molecule has 1 saturated heterocycles. The third-order valence-corrected chi connectivity index (χ3v) is 6.24. The number of benzene rings is 2. The lowest BCUT2D eigenvalue weighted by Gasteiger charge is -2.19. The summed E-state index contributed by atoms with van der Waals surface area (Å²) in [6.45, 7) is 2.97. The summed E-state index contributed by atoms with van der Waals surface area (Å²) < 4.78 is 6.90. The summed E-state index contributed by atoms with van der Waals surface area (Å²) in [5.74, 6) is 1.58. The molecular formula is C26H31N7O2. The van der Waals surface area contributed by atoms with Gasteiger partial charge in [0.05, 0.1) is 18.5 Å². The summed E-state index contributed by atoms with van der Waals surface area (Å²) >= 11 is 0. The van der Waals surface area contributed by atoms with E-state index in [1.54, 1.807) is 11.8 Å². The first-order valence-corrected chi connectivity index (χ1v) is 11.8. The number of rotatable bonds is 9. The van der Waals surface area contributed by atoms with Crippen molar-refractivity contribution in [1.82, 2.24) is 20.4 Å². The van der Waals surface area contributed by atoms with Crippen LogP contribution in [-0.4, -0.2) is 49.1 Å². The molecule has 0 spiro atoms. The van der Waals surface area contributed by atoms with Gasteiger partial charge in [0, 0.05) is 37.9 Å². The maximum absolute atomic E-state index is 12.3. The lowest BCUT2D eigenvalue weighted by Crippen LogP contribution is -2.39. The van der Waals surface area contributed by atoms with Crippen LogP contribution in [0.1, 0.15) is 24.1 Å². The summed E-state index contributed by atoms with van der Waals surface area (Å²) in [6.07, 6.45) is 2.23. The number of aromatic nitrogens is 2. The van der Waals surface area contributed by atoms with Crippen molar-refractivity contribution in [3.05, 3.63) is 65.9 Å². The van der Waals surface area contributed by atoms with Crippen LogP contribution in [0.2, 0.25) is 0 Å². The van der Waals surface area contributed by atoms with Gasteiger partial charge in [0.25, 0.3) is 0 Å². The predicted molar refractivity (Wildman–Crippen MR) is 136 cm³/mol. The van der Waals surface area contributed by atoms with Gasteiger partial charge in [-0.25, -0.2) is 9.48 Å². The average Bonchev–Trinajstić information content (AvgIpc) is 3.50. The Morgan fingerprint density at radius 1 is 1.20 bits per heavy atom. The van der Waals surface area contributed by atoms with Gasteiger partial charge in [-0.05, 0) is 49.4 Å². The van der Waals surface area contributed by atoms with E-state index in [2.05, 4.69) is 32.8 Å². The van der Waals surface area contributed by atoms with Crippen LogP contribution in [0.5, 0.6) is 5.75 Å². The molecule has 3 aromatic rings. The number of urea groups is 1. The second-order valence-corrected chi connectivity index (χ2v) is 8.61. The van der Waals surface area contributed by atoms with Crippen LogP contribution in [0.25, 0.3) is 5.69 Å². The van der Waals surface area contributed by atoms with Gasteiger partial charge in [-0.2, -0.15) is 10.4 Å². The van der Waals surface area contributed by atoms with E-state index < -0.39 is 0 Å². The number of hydrogen-bond donors (Lipinski definition) is 3. The van der Waals surface area contributed by atoms with Crippen LogP contribution in [0.4, 0.5) is 16.3 Å². The molecule has 4 N–H and O–H groups in total. The normalized spacial score (nSPS) is 15.0. The summed E-state index contributed by atoms with van der Waals surface area (Å²) in [4.78, 5) is 14.6. The lowest BCUT2D eigenvalue weighted by molar-refractivity contribution is 0.239. The minimum absolute atomic E-state index is 0.181. The molecule has 0 radical (unpaired) electrons. The highest BCUT2D eigenvalue weighted by atomic mass is 16.5. The Kier molecular flexibility index (Phi) is 7.73. The average molecular weight is 474 g/mol. The number of ether oxygens (including phenoxy) is 1. The van der Waals surface area contributed by atoms with Gasteiger partial charge in [0.15, 0.2) is 0 Å². The third-order valence-electron chi connectivity index (χ3n) is 6.24. The molecule has 182 valence electrons. The van der Waals surface area contributed by atoms with Gasteiger partial charge in [-0.1, -0.05) is 24.3 Å². The molecule has 1 unspecified atom stereocenters. The number of carbonyl (C=O) groups is 1. The Bertz CT molecular complexity index is 1190. The smallest absolute Gasteiger partial charge is 0.314 e. The van der Waals surface area contributed by atoms with Crippen LogP contribution in [0, 0.1) is 17.2 Å². The fourth-order valence-electron chi connectivity index (χ4n) is 4.34. The van der Waals surface area contributed by atoms with Crippen molar-refractivity contribution in [2.24, 2.45) is 5.92 Å². The second kappa shape index (κ2) is 11.3. The standard InChI is InChI=1S/C26H31N7O2/c1-35-22-10-5-9-21(15-22)32-14-12-19(18-32)17-30-26(34)29-13-6-11-24-23(16-27)25(28)33(31-24)20-7-3-2-4-8-20/h2-5,7-10,15,19H,6,11-14,17-18,28H2,1H3,(H2,29,30,34). The summed E-state index contributed by atoms with van der Waals surface area (Å²) in [6, 6.07) is 19.5. The van der Waals surface area contributed by atoms with E-state index in [1.165, 1.54) is 0 Å². The fourth-order valence-corrected chi connectivity index (χ4v) is 4.34. The molecule has 0 bridgehead atoms. The van der Waals surface area contributed by atoms with Crippen molar-refractivity contribution < 1.29 is 9.53 Å². The quantitative estimate of drug-likeness (QED) is 0.411. The first-order chi connectivity index (χ1) is 17.1. The molecule has 1 atom stereocenters. The molecule has 1 fully saturated rings. The number of nitrogens with one attached hydrogen (secondary N) is 2. The maximum atomic E-state index is 12.3. The van der Waals surface area contributed by atoms with Crippen LogP contribution >= 0.6 is 0 Å². The SMILES string of the molecule is COc1cccc(N2CCC(CNC(=O)NCCCc3nn(-c4ccccc4)c(N)c3C#N)C2)c1. The highest BCUT2D eigenvalue weighted by Gasteiger charge is 2.23. The van der Waals surface area contributed by atoms with Crippen LogP contribution in [-0.2, 0) is 6.42 Å². The summed E-state index contributed by atoms with van der Waals surface area (Å²) in [5.41, 5.74) is 9.13. The van der Waals surface area contributed by atoms with Crippen molar-refractivity contribution in [2.45, 2.75) is 19.3 Å². The van der Waals surface area contributed by atoms with Crippen LogP contribution in [0.3, 0.4) is 0 Å². The molecule has 1 aliphatic heterocycles. The molecule has 2 amide bonds. The molecular weight excluding hydrogens is 442 g/mol. The van der Waals surface area contributed by atoms with E-state index in [1.807, 2.05) is 48.5 Å². The Hall–Kier alpha value is -4.19. The van der Waals surface area contributed by atoms with E-state index >= 15 is 0 Å². The summed E-state index contributed by atoms with van der Waals surface area (Å²) in [5, 5.41) is 19.9. The van der Waals surface area contributed by atoms with E-state index in [-0.39, 0.29) is 6.03 Å². The topological polar surface area (TPSA) is 121 Å². The zero-order valence-electron chi connectivity index (χ0n) is 19.9. The number of anilines is 2. The largest absolute Gasteiger partial charge is 0.497 e. The number of nitrogen functional groups attached to an aromatic ring is 1. The van der Waals surface area contributed by atoms with Crippen LogP contribution in [0.15, 0.2) is 54.6 Å². The van der Waals surface area contributed by atoms with Gasteiger partial charge in [-0.3, -0.25) is 0 Å². The van der Waals surface area contributed by atoms with Crippen LogP contribution < -0.4 is 26.0 Å². The van der Waals surface area contributed by atoms with Gasteiger partial charge in [0.1, 0.15) is 23.2 Å². The van der Waals surface area contributed by atoms with E-state index in [9.17, 15) is 10.1 Å². The number of methoxy groups -OCH3 is 1. The minimum Gasteiger partial charge on any atom is -0.497 e. The third kappa shape index (κ3) is 5.84. The maximum Gasteiger partial charge on any atom is 0.314 e. The molecule has 9 nitrogen and oxygen atoms in total. The molecule has 2 aromatic carbocycles. The molecule has 2 heterocycles. The van der Waals surface area contributed by atoms with Gasteiger partial charge >= 0.3 is 6.03 Å². The molecule has 1 aromatic heterocycles. The molecule has 4 rings (SSSR count). The van der Waals surface area contributed by atoms with Crippen molar-refractivity contribution in [2.75, 3.05) is 43.9 Å². The molecule has 9 heteroatoms. The Labute approximate surface area is 205 Å². The van der Waals surface area contributed by atoms with Gasteiger partial charge in [-0.15, -0.1) is 0 Å². The Balaban J connectivity index is 1.20. The monoisotopic (exact) mass is 473 g/mol. The molecule has 1 aliphatic rings. The fraction of sp³-hybridized carbons (Fsp3) is 0.346. The number of hydrogen-bond acceptors (Lipinski definition) is 6.